The van der Waals surface area contributed by atoms with Crippen LogP contribution >= 0.6 is 0 Å². The maximum atomic E-state index is 12.1. The first kappa shape index (κ1) is 17.7. The lowest BCUT2D eigenvalue weighted by Gasteiger charge is -2.12. The number of amides is 2. The second-order valence-corrected chi connectivity index (χ2v) is 5.63. The predicted molar refractivity (Wildman–Crippen MR) is 94.0 cm³/mol. The third kappa shape index (κ3) is 4.67. The van der Waals surface area contributed by atoms with Gasteiger partial charge in [0, 0.05) is 18.4 Å². The standard InChI is InChI=1S/C19H22N2O3/c1-13-5-4-6-14(2)18(13)21-17(22)11-20-19(23)16-9-7-15(8-10-16)12-24-3/h4-10H,11-12H2,1-3H3,(H,20,23)(H,21,22). The molecular formula is C19H22N2O3. The number of carbonyl (C=O) groups excluding carboxylic acids is 2. The van der Waals surface area contributed by atoms with E-state index in [0.717, 1.165) is 22.4 Å². The number of benzene rings is 2. The van der Waals surface area contributed by atoms with E-state index in [1.165, 1.54) is 0 Å². The van der Waals surface area contributed by atoms with Crippen molar-refractivity contribution in [1.29, 1.82) is 0 Å². The molecule has 0 aliphatic heterocycles. The zero-order valence-electron chi connectivity index (χ0n) is 14.2. The van der Waals surface area contributed by atoms with E-state index in [9.17, 15) is 9.59 Å². The number of aryl methyl sites for hydroxylation is 2. The molecule has 2 amide bonds. The first-order valence-corrected chi connectivity index (χ1v) is 7.73. The fraction of sp³-hybridized carbons (Fsp3) is 0.263. The fourth-order valence-electron chi connectivity index (χ4n) is 2.38. The Hall–Kier alpha value is -2.66. The van der Waals surface area contributed by atoms with Crippen LogP contribution in [0.3, 0.4) is 0 Å². The van der Waals surface area contributed by atoms with Gasteiger partial charge >= 0.3 is 0 Å². The summed E-state index contributed by atoms with van der Waals surface area (Å²) in [6.45, 7) is 4.29. The molecule has 5 nitrogen and oxygen atoms in total. The minimum Gasteiger partial charge on any atom is -0.380 e. The highest BCUT2D eigenvalue weighted by atomic mass is 16.5. The average molecular weight is 326 g/mol. The highest BCUT2D eigenvalue weighted by Crippen LogP contribution is 2.19. The summed E-state index contributed by atoms with van der Waals surface area (Å²) in [5.74, 6) is -0.535. The fourth-order valence-corrected chi connectivity index (χ4v) is 2.38. The SMILES string of the molecule is COCc1ccc(C(=O)NCC(=O)Nc2c(C)cccc2C)cc1. The van der Waals surface area contributed by atoms with Gasteiger partial charge in [-0.15, -0.1) is 0 Å². The lowest BCUT2D eigenvalue weighted by molar-refractivity contribution is -0.115. The Labute approximate surface area is 142 Å². The Balaban J connectivity index is 1.90. The van der Waals surface area contributed by atoms with Gasteiger partial charge in [0.2, 0.25) is 5.91 Å². The van der Waals surface area contributed by atoms with Crippen molar-refractivity contribution in [2.24, 2.45) is 0 Å². The van der Waals surface area contributed by atoms with Crippen molar-refractivity contribution in [1.82, 2.24) is 5.32 Å². The third-order valence-electron chi connectivity index (χ3n) is 3.68. The van der Waals surface area contributed by atoms with Gasteiger partial charge in [0.15, 0.2) is 0 Å². The van der Waals surface area contributed by atoms with Crippen LogP contribution in [0.4, 0.5) is 5.69 Å². The van der Waals surface area contributed by atoms with Gasteiger partial charge in [0.1, 0.15) is 0 Å². The molecule has 0 spiro atoms. The summed E-state index contributed by atoms with van der Waals surface area (Å²) in [4.78, 5) is 24.1. The number of anilines is 1. The van der Waals surface area contributed by atoms with Crippen molar-refractivity contribution < 1.29 is 14.3 Å². The first-order valence-electron chi connectivity index (χ1n) is 7.73. The van der Waals surface area contributed by atoms with Crippen LogP contribution in [0.25, 0.3) is 0 Å². The Kier molecular flexibility index (Phi) is 6.09. The largest absolute Gasteiger partial charge is 0.380 e. The topological polar surface area (TPSA) is 67.4 Å². The monoisotopic (exact) mass is 326 g/mol. The Bertz CT molecular complexity index is 704. The van der Waals surface area contributed by atoms with E-state index in [-0.39, 0.29) is 18.4 Å². The quantitative estimate of drug-likeness (QED) is 0.858. The first-order chi connectivity index (χ1) is 11.5. The molecule has 0 aliphatic rings. The van der Waals surface area contributed by atoms with Crippen LogP contribution in [0, 0.1) is 13.8 Å². The van der Waals surface area contributed by atoms with Crippen molar-refractivity contribution in [2.45, 2.75) is 20.5 Å². The van der Waals surface area contributed by atoms with E-state index >= 15 is 0 Å². The summed E-state index contributed by atoms with van der Waals surface area (Å²) in [6, 6.07) is 12.9. The van der Waals surface area contributed by atoms with E-state index in [1.54, 1.807) is 19.2 Å². The minimum absolute atomic E-state index is 0.0770. The lowest BCUT2D eigenvalue weighted by Crippen LogP contribution is -2.33. The molecule has 5 heteroatoms. The van der Waals surface area contributed by atoms with Crippen LogP contribution < -0.4 is 10.6 Å². The Morgan fingerprint density at radius 3 is 2.21 bits per heavy atom. The molecule has 126 valence electrons. The molecule has 0 saturated carbocycles. The zero-order chi connectivity index (χ0) is 17.5. The second kappa shape index (κ2) is 8.26. The van der Waals surface area contributed by atoms with Crippen LogP contribution in [0.1, 0.15) is 27.0 Å². The number of nitrogens with one attached hydrogen (secondary N) is 2. The highest BCUT2D eigenvalue weighted by Gasteiger charge is 2.10. The van der Waals surface area contributed by atoms with E-state index in [1.807, 2.05) is 44.2 Å². The van der Waals surface area contributed by atoms with Crippen LogP contribution in [0.2, 0.25) is 0 Å². The summed E-state index contributed by atoms with van der Waals surface area (Å²) in [6.07, 6.45) is 0. The molecule has 0 radical (unpaired) electrons. The summed E-state index contributed by atoms with van der Waals surface area (Å²) in [5, 5.41) is 5.47. The Morgan fingerprint density at radius 2 is 1.62 bits per heavy atom. The molecule has 0 saturated heterocycles. The third-order valence-corrected chi connectivity index (χ3v) is 3.68. The normalized spacial score (nSPS) is 10.3. The van der Waals surface area contributed by atoms with Crippen LogP contribution in [-0.4, -0.2) is 25.5 Å². The summed E-state index contributed by atoms with van der Waals surface area (Å²) in [5.41, 5.74) is 4.27. The van der Waals surface area contributed by atoms with Crippen molar-refractivity contribution >= 4 is 17.5 Å². The molecule has 2 aromatic rings. The number of rotatable bonds is 6. The smallest absolute Gasteiger partial charge is 0.251 e. The number of ether oxygens (including phenoxy) is 1. The molecule has 2 N–H and O–H groups in total. The second-order valence-electron chi connectivity index (χ2n) is 5.63. The molecule has 2 rings (SSSR count). The van der Waals surface area contributed by atoms with Crippen molar-refractivity contribution in [3.05, 3.63) is 64.7 Å². The predicted octanol–water partition coefficient (Wildman–Crippen LogP) is 2.82. The van der Waals surface area contributed by atoms with E-state index < -0.39 is 0 Å². The summed E-state index contributed by atoms with van der Waals surface area (Å²) < 4.78 is 5.03. The lowest BCUT2D eigenvalue weighted by atomic mass is 10.1. The summed E-state index contributed by atoms with van der Waals surface area (Å²) in [7, 11) is 1.62. The van der Waals surface area contributed by atoms with E-state index in [4.69, 9.17) is 4.74 Å². The zero-order valence-corrected chi connectivity index (χ0v) is 14.2. The number of methoxy groups -OCH3 is 1. The van der Waals surface area contributed by atoms with Gasteiger partial charge in [0.05, 0.1) is 13.2 Å². The van der Waals surface area contributed by atoms with Crippen molar-refractivity contribution in [3.63, 3.8) is 0 Å². The molecule has 0 aliphatic carbocycles. The maximum absolute atomic E-state index is 12.1. The van der Waals surface area contributed by atoms with Gasteiger partial charge in [-0.3, -0.25) is 9.59 Å². The Morgan fingerprint density at radius 1 is 1.00 bits per heavy atom. The van der Waals surface area contributed by atoms with Gasteiger partial charge in [-0.2, -0.15) is 0 Å². The van der Waals surface area contributed by atoms with Crippen LogP contribution in [0.5, 0.6) is 0 Å². The number of para-hydroxylation sites is 1. The average Bonchev–Trinajstić information content (AvgIpc) is 2.57. The molecule has 2 aromatic carbocycles. The van der Waals surface area contributed by atoms with E-state index in [2.05, 4.69) is 10.6 Å². The summed E-state index contributed by atoms with van der Waals surface area (Å²) >= 11 is 0. The maximum Gasteiger partial charge on any atom is 0.251 e. The number of carbonyl (C=O) groups is 2. The number of hydrogen-bond donors (Lipinski definition) is 2. The molecule has 0 bridgehead atoms. The van der Waals surface area contributed by atoms with Crippen molar-refractivity contribution in [2.75, 3.05) is 19.0 Å². The molecule has 0 atom stereocenters. The molecule has 0 heterocycles. The molecule has 0 fully saturated rings. The van der Waals surface area contributed by atoms with Gasteiger partial charge < -0.3 is 15.4 Å². The molecule has 24 heavy (non-hydrogen) atoms. The molecule has 0 aromatic heterocycles. The van der Waals surface area contributed by atoms with Gasteiger partial charge in [-0.05, 0) is 42.7 Å². The van der Waals surface area contributed by atoms with Gasteiger partial charge in [0.25, 0.3) is 5.91 Å². The molecular weight excluding hydrogens is 304 g/mol. The number of hydrogen-bond acceptors (Lipinski definition) is 3. The van der Waals surface area contributed by atoms with Crippen molar-refractivity contribution in [3.8, 4) is 0 Å². The van der Waals surface area contributed by atoms with Crippen LogP contribution in [0.15, 0.2) is 42.5 Å². The molecule has 0 unspecified atom stereocenters. The minimum atomic E-state index is -0.282. The van der Waals surface area contributed by atoms with E-state index in [0.29, 0.717) is 12.2 Å². The highest BCUT2D eigenvalue weighted by molar-refractivity contribution is 5.99. The van der Waals surface area contributed by atoms with Gasteiger partial charge in [-0.1, -0.05) is 30.3 Å². The van der Waals surface area contributed by atoms with Gasteiger partial charge in [-0.25, -0.2) is 0 Å². The van der Waals surface area contributed by atoms with Crippen LogP contribution in [-0.2, 0) is 16.1 Å².